The third kappa shape index (κ3) is 3.23. The zero-order valence-electron chi connectivity index (χ0n) is 10.8. The molecule has 0 saturated heterocycles. The van der Waals surface area contributed by atoms with E-state index in [1.807, 2.05) is 6.92 Å². The lowest BCUT2D eigenvalue weighted by Crippen LogP contribution is -2.48. The lowest BCUT2D eigenvalue weighted by atomic mass is 10.1. The molecule has 18 heavy (non-hydrogen) atoms. The number of aryl methyl sites for hydroxylation is 1. The number of carbonyl (C=O) groups is 2. The van der Waals surface area contributed by atoms with Crippen molar-refractivity contribution in [2.45, 2.75) is 33.2 Å². The van der Waals surface area contributed by atoms with Crippen molar-refractivity contribution in [2.75, 3.05) is 6.54 Å². The largest absolute Gasteiger partial charge is 0.480 e. The van der Waals surface area contributed by atoms with Gasteiger partial charge in [-0.2, -0.15) is 0 Å². The summed E-state index contributed by atoms with van der Waals surface area (Å²) in [5.41, 5.74) is 0.255. The molecule has 0 radical (unpaired) electrons. The Morgan fingerprint density at radius 1 is 1.44 bits per heavy atom. The summed E-state index contributed by atoms with van der Waals surface area (Å²) in [7, 11) is 0. The van der Waals surface area contributed by atoms with E-state index < -0.39 is 11.5 Å². The normalized spacial score (nSPS) is 11.4. The Balaban J connectivity index is 3.11. The van der Waals surface area contributed by atoms with Crippen molar-refractivity contribution in [1.29, 1.82) is 0 Å². The maximum Gasteiger partial charge on any atom is 0.323 e. The fourth-order valence-electron chi connectivity index (χ4n) is 1.45. The molecular weight excluding hydrogens is 274 g/mol. The standard InChI is InChI=1S/C12H16ClNO3S/c1-7-6-18-10(9(7)13)11(17)14(5-8(15)16)12(2,3)4/h6H,5H2,1-4H3,(H,15,16). The van der Waals surface area contributed by atoms with Crippen LogP contribution in [0, 0.1) is 6.92 Å². The highest BCUT2D eigenvalue weighted by atomic mass is 35.5. The molecule has 1 N–H and O–H groups in total. The van der Waals surface area contributed by atoms with Crippen LogP contribution in [0.25, 0.3) is 0 Å². The molecule has 1 heterocycles. The highest BCUT2D eigenvalue weighted by Gasteiger charge is 2.31. The second kappa shape index (κ2) is 5.28. The molecule has 1 aromatic heterocycles. The average Bonchev–Trinajstić information content (AvgIpc) is 2.54. The van der Waals surface area contributed by atoms with E-state index in [0.29, 0.717) is 9.90 Å². The Morgan fingerprint density at radius 3 is 2.33 bits per heavy atom. The van der Waals surface area contributed by atoms with Gasteiger partial charge in [0, 0.05) is 5.54 Å². The van der Waals surface area contributed by atoms with E-state index in [1.165, 1.54) is 16.2 Å². The molecule has 100 valence electrons. The van der Waals surface area contributed by atoms with E-state index in [0.717, 1.165) is 5.56 Å². The van der Waals surface area contributed by atoms with Crippen LogP contribution in [0.15, 0.2) is 5.38 Å². The van der Waals surface area contributed by atoms with Gasteiger partial charge < -0.3 is 10.0 Å². The van der Waals surface area contributed by atoms with Gasteiger partial charge in [-0.15, -0.1) is 11.3 Å². The molecule has 4 nitrogen and oxygen atoms in total. The van der Waals surface area contributed by atoms with Crippen molar-refractivity contribution < 1.29 is 14.7 Å². The molecule has 0 fully saturated rings. The summed E-state index contributed by atoms with van der Waals surface area (Å²) >= 11 is 7.29. The molecule has 1 rings (SSSR count). The summed E-state index contributed by atoms with van der Waals surface area (Å²) in [5, 5.41) is 11.1. The quantitative estimate of drug-likeness (QED) is 0.930. The highest BCUT2D eigenvalue weighted by molar-refractivity contribution is 7.13. The van der Waals surface area contributed by atoms with Gasteiger partial charge in [0.15, 0.2) is 0 Å². The minimum Gasteiger partial charge on any atom is -0.480 e. The van der Waals surface area contributed by atoms with Crippen molar-refractivity contribution in [2.24, 2.45) is 0 Å². The van der Waals surface area contributed by atoms with Crippen LogP contribution in [-0.2, 0) is 4.79 Å². The van der Waals surface area contributed by atoms with Gasteiger partial charge in [0.25, 0.3) is 5.91 Å². The van der Waals surface area contributed by atoms with Crippen LogP contribution in [0.3, 0.4) is 0 Å². The fraction of sp³-hybridized carbons (Fsp3) is 0.500. The van der Waals surface area contributed by atoms with Crippen molar-refractivity contribution >= 4 is 34.8 Å². The predicted molar refractivity (Wildman–Crippen MR) is 72.5 cm³/mol. The van der Waals surface area contributed by atoms with Crippen molar-refractivity contribution in [3.63, 3.8) is 0 Å². The van der Waals surface area contributed by atoms with Gasteiger partial charge in [-0.05, 0) is 38.6 Å². The van der Waals surface area contributed by atoms with Crippen molar-refractivity contribution in [1.82, 2.24) is 4.90 Å². The molecule has 0 aliphatic carbocycles. The van der Waals surface area contributed by atoms with Crippen molar-refractivity contribution in [3.8, 4) is 0 Å². The summed E-state index contributed by atoms with van der Waals surface area (Å²) in [4.78, 5) is 24.9. The van der Waals surface area contributed by atoms with E-state index in [-0.39, 0.29) is 12.5 Å². The molecule has 0 aliphatic heterocycles. The van der Waals surface area contributed by atoms with E-state index in [2.05, 4.69) is 0 Å². The number of carboxylic acids is 1. The van der Waals surface area contributed by atoms with E-state index in [4.69, 9.17) is 16.7 Å². The molecule has 0 aromatic carbocycles. The first kappa shape index (κ1) is 15.0. The van der Waals surface area contributed by atoms with Crippen LogP contribution < -0.4 is 0 Å². The molecule has 0 spiro atoms. The van der Waals surface area contributed by atoms with Gasteiger partial charge in [-0.1, -0.05) is 11.6 Å². The Hall–Kier alpha value is -1.07. The van der Waals surface area contributed by atoms with Crippen molar-refractivity contribution in [3.05, 3.63) is 20.8 Å². The summed E-state index contributed by atoms with van der Waals surface area (Å²) in [6.45, 7) is 6.86. The zero-order chi connectivity index (χ0) is 14.1. The number of hydrogen-bond donors (Lipinski definition) is 1. The third-order valence-electron chi connectivity index (χ3n) is 2.44. The van der Waals surface area contributed by atoms with E-state index in [1.54, 1.807) is 26.2 Å². The van der Waals surface area contributed by atoms with E-state index >= 15 is 0 Å². The van der Waals surface area contributed by atoms with Gasteiger partial charge in [0.05, 0.1) is 5.02 Å². The lowest BCUT2D eigenvalue weighted by molar-refractivity contribution is -0.138. The number of amides is 1. The molecule has 0 aliphatic rings. The first-order valence-electron chi connectivity index (χ1n) is 5.42. The topological polar surface area (TPSA) is 57.6 Å². The Bertz CT molecular complexity index is 476. The Morgan fingerprint density at radius 2 is 2.00 bits per heavy atom. The minimum absolute atomic E-state index is 0.338. The highest BCUT2D eigenvalue weighted by Crippen LogP contribution is 2.30. The predicted octanol–water partition coefficient (Wildman–Crippen LogP) is 3.04. The smallest absolute Gasteiger partial charge is 0.323 e. The second-order valence-corrected chi connectivity index (χ2v) is 6.28. The van der Waals surface area contributed by atoms with Gasteiger partial charge in [-0.3, -0.25) is 9.59 Å². The number of rotatable bonds is 3. The molecule has 0 saturated carbocycles. The first-order chi connectivity index (χ1) is 8.14. The fourth-order valence-corrected chi connectivity index (χ4v) is 2.67. The molecule has 1 aromatic rings. The second-order valence-electron chi connectivity index (χ2n) is 5.02. The van der Waals surface area contributed by atoms with Gasteiger partial charge >= 0.3 is 5.97 Å². The number of carbonyl (C=O) groups excluding carboxylic acids is 1. The maximum absolute atomic E-state index is 12.3. The maximum atomic E-state index is 12.3. The number of hydrogen-bond acceptors (Lipinski definition) is 3. The number of thiophene rings is 1. The van der Waals surface area contributed by atoms with Crippen LogP contribution in [0.4, 0.5) is 0 Å². The number of carboxylic acid groups (broad SMARTS) is 1. The number of halogens is 1. The summed E-state index contributed by atoms with van der Waals surface area (Å²) in [6, 6.07) is 0. The molecule has 0 bridgehead atoms. The lowest BCUT2D eigenvalue weighted by Gasteiger charge is -2.34. The Kier molecular flexibility index (Phi) is 4.40. The Labute approximate surface area is 115 Å². The van der Waals surface area contributed by atoms with Gasteiger partial charge in [0.2, 0.25) is 0 Å². The summed E-state index contributed by atoms with van der Waals surface area (Å²) < 4.78 is 0. The first-order valence-corrected chi connectivity index (χ1v) is 6.67. The van der Waals surface area contributed by atoms with Crippen LogP contribution in [0.2, 0.25) is 5.02 Å². The summed E-state index contributed by atoms with van der Waals surface area (Å²) in [5.74, 6) is -1.38. The van der Waals surface area contributed by atoms with Crippen LogP contribution in [-0.4, -0.2) is 34.0 Å². The minimum atomic E-state index is -1.04. The molecule has 0 atom stereocenters. The molecular formula is C12H16ClNO3S. The number of aliphatic carboxylic acids is 1. The van der Waals surface area contributed by atoms with Gasteiger partial charge in [-0.25, -0.2) is 0 Å². The van der Waals surface area contributed by atoms with Gasteiger partial charge in [0.1, 0.15) is 11.4 Å². The molecule has 0 unspecified atom stereocenters. The SMILES string of the molecule is Cc1csc(C(=O)N(CC(=O)O)C(C)(C)C)c1Cl. The third-order valence-corrected chi connectivity index (χ3v) is 4.13. The monoisotopic (exact) mass is 289 g/mol. The zero-order valence-corrected chi connectivity index (χ0v) is 12.4. The van der Waals surface area contributed by atoms with E-state index in [9.17, 15) is 9.59 Å². The molecule has 1 amide bonds. The molecule has 6 heteroatoms. The van der Waals surface area contributed by atoms with Crippen LogP contribution in [0.5, 0.6) is 0 Å². The average molecular weight is 290 g/mol. The van der Waals surface area contributed by atoms with Crippen LogP contribution in [0.1, 0.15) is 36.0 Å². The summed E-state index contributed by atoms with van der Waals surface area (Å²) in [6.07, 6.45) is 0. The van der Waals surface area contributed by atoms with Crippen LogP contribution >= 0.6 is 22.9 Å². The number of nitrogens with zero attached hydrogens (tertiary/aromatic N) is 1.